The molecule has 9 heteroatoms. The van der Waals surface area contributed by atoms with Crippen LogP contribution >= 0.6 is 15.9 Å². The zero-order valence-electron chi connectivity index (χ0n) is 11.5. The van der Waals surface area contributed by atoms with Crippen LogP contribution in [0.15, 0.2) is 21.6 Å². The zero-order chi connectivity index (χ0) is 15.3. The van der Waals surface area contributed by atoms with Crippen LogP contribution in [-0.2, 0) is 20.8 Å². The van der Waals surface area contributed by atoms with Gasteiger partial charge >= 0.3 is 0 Å². The highest BCUT2D eigenvalue weighted by Crippen LogP contribution is 2.22. The molecule has 2 N–H and O–H groups in total. The van der Waals surface area contributed by atoms with Crippen molar-refractivity contribution in [2.24, 2.45) is 0 Å². The molecule has 1 rings (SSSR count). The van der Waals surface area contributed by atoms with Gasteiger partial charge in [0.1, 0.15) is 10.7 Å². The second-order valence-corrected chi connectivity index (χ2v) is 8.64. The lowest BCUT2D eigenvalue weighted by molar-refractivity contribution is 0.580. The first-order valence-electron chi connectivity index (χ1n) is 5.99. The third kappa shape index (κ3) is 4.80. The molecular formula is C11H18BrN3O3S2. The fraction of sp³-hybridized carbons (Fsp3) is 0.545. The standard InChI is InChI=1S/C11H18BrN3O3S2/c1-4-13-11-10(5-9(12)7-14-11)20(17,18)15-6-8(2)19(3)16/h5,7-8,15H,4,6H2,1-3H3,(H,13,14). The van der Waals surface area contributed by atoms with Gasteiger partial charge in [0.15, 0.2) is 0 Å². The van der Waals surface area contributed by atoms with Crippen LogP contribution in [0.25, 0.3) is 0 Å². The van der Waals surface area contributed by atoms with Gasteiger partial charge in [-0.05, 0) is 35.8 Å². The number of aromatic nitrogens is 1. The highest BCUT2D eigenvalue weighted by molar-refractivity contribution is 9.10. The number of nitrogens with one attached hydrogen (secondary N) is 2. The molecule has 2 atom stereocenters. The molecule has 0 amide bonds. The fourth-order valence-electron chi connectivity index (χ4n) is 1.35. The molecule has 1 heterocycles. The van der Waals surface area contributed by atoms with Gasteiger partial charge in [0.05, 0.1) is 0 Å². The summed E-state index contributed by atoms with van der Waals surface area (Å²) in [6.07, 6.45) is 3.07. The maximum Gasteiger partial charge on any atom is 0.244 e. The number of pyridine rings is 1. The van der Waals surface area contributed by atoms with E-state index >= 15 is 0 Å². The Kier molecular flexibility index (Phi) is 6.56. The minimum atomic E-state index is -3.70. The van der Waals surface area contributed by atoms with Crippen LogP contribution in [0, 0.1) is 0 Å². The predicted molar refractivity (Wildman–Crippen MR) is 84.8 cm³/mol. The van der Waals surface area contributed by atoms with Crippen LogP contribution in [0.2, 0.25) is 0 Å². The number of halogens is 1. The van der Waals surface area contributed by atoms with Crippen molar-refractivity contribution in [3.05, 3.63) is 16.7 Å². The molecule has 0 aliphatic carbocycles. The highest BCUT2D eigenvalue weighted by atomic mass is 79.9. The maximum atomic E-state index is 12.3. The summed E-state index contributed by atoms with van der Waals surface area (Å²) in [6.45, 7) is 4.26. The van der Waals surface area contributed by atoms with Gasteiger partial charge in [0.2, 0.25) is 10.0 Å². The second-order valence-electron chi connectivity index (χ2n) is 4.19. The molecule has 0 saturated heterocycles. The highest BCUT2D eigenvalue weighted by Gasteiger charge is 2.21. The lowest BCUT2D eigenvalue weighted by Gasteiger charge is -2.13. The fourth-order valence-corrected chi connectivity index (χ4v) is 3.54. The van der Waals surface area contributed by atoms with E-state index in [4.69, 9.17) is 0 Å². The molecule has 0 aliphatic heterocycles. The predicted octanol–water partition coefficient (Wildman–Crippen LogP) is 1.32. The van der Waals surface area contributed by atoms with Crippen molar-refractivity contribution in [3.63, 3.8) is 0 Å². The van der Waals surface area contributed by atoms with Crippen molar-refractivity contribution in [3.8, 4) is 0 Å². The van der Waals surface area contributed by atoms with E-state index in [9.17, 15) is 12.6 Å². The van der Waals surface area contributed by atoms with Gasteiger partial charge in [0, 0.05) is 46.1 Å². The minimum Gasteiger partial charge on any atom is -0.369 e. The molecule has 0 fully saturated rings. The Balaban J connectivity index is 3.02. The van der Waals surface area contributed by atoms with Crippen LogP contribution in [-0.4, -0.2) is 42.2 Å². The summed E-state index contributed by atoms with van der Waals surface area (Å²) < 4.78 is 38.9. The largest absolute Gasteiger partial charge is 0.369 e. The Labute approximate surface area is 130 Å². The SMILES string of the molecule is CCNc1ncc(Br)cc1S(=O)(=O)NCC(C)S(C)=O. The molecule has 1 aromatic rings. The van der Waals surface area contributed by atoms with E-state index in [1.165, 1.54) is 12.3 Å². The van der Waals surface area contributed by atoms with E-state index in [0.717, 1.165) is 0 Å². The van der Waals surface area contributed by atoms with Gasteiger partial charge in [-0.1, -0.05) is 0 Å². The zero-order valence-corrected chi connectivity index (χ0v) is 14.7. The first kappa shape index (κ1) is 17.5. The van der Waals surface area contributed by atoms with Gasteiger partial charge in [-0.15, -0.1) is 0 Å². The molecule has 0 radical (unpaired) electrons. The number of hydrogen-bond acceptors (Lipinski definition) is 5. The first-order chi connectivity index (χ1) is 9.27. The van der Waals surface area contributed by atoms with Crippen molar-refractivity contribution in [2.75, 3.05) is 24.7 Å². The van der Waals surface area contributed by atoms with Crippen LogP contribution in [0.3, 0.4) is 0 Å². The lowest BCUT2D eigenvalue weighted by Crippen LogP contribution is -2.33. The Hall–Kier alpha value is -0.510. The van der Waals surface area contributed by atoms with E-state index < -0.39 is 20.8 Å². The normalized spacial score (nSPS) is 14.8. The van der Waals surface area contributed by atoms with E-state index in [0.29, 0.717) is 16.8 Å². The molecule has 6 nitrogen and oxygen atoms in total. The number of sulfonamides is 1. The smallest absolute Gasteiger partial charge is 0.244 e. The van der Waals surface area contributed by atoms with E-state index in [-0.39, 0.29) is 16.7 Å². The third-order valence-electron chi connectivity index (χ3n) is 2.58. The summed E-state index contributed by atoms with van der Waals surface area (Å²) in [4.78, 5) is 4.13. The topological polar surface area (TPSA) is 88.2 Å². The van der Waals surface area contributed by atoms with Crippen LogP contribution in [0.1, 0.15) is 13.8 Å². The van der Waals surface area contributed by atoms with Gasteiger partial charge in [0.25, 0.3) is 0 Å². The number of anilines is 1. The third-order valence-corrected chi connectivity index (χ3v) is 5.75. The summed E-state index contributed by atoms with van der Waals surface area (Å²) in [6, 6.07) is 1.49. The maximum absolute atomic E-state index is 12.3. The van der Waals surface area contributed by atoms with Gasteiger partial charge in [-0.2, -0.15) is 0 Å². The Morgan fingerprint density at radius 1 is 1.50 bits per heavy atom. The van der Waals surface area contributed by atoms with Crippen molar-refractivity contribution in [2.45, 2.75) is 24.0 Å². The second kappa shape index (κ2) is 7.48. The average Bonchev–Trinajstić information content (AvgIpc) is 2.38. The van der Waals surface area contributed by atoms with E-state index in [1.807, 2.05) is 6.92 Å². The van der Waals surface area contributed by atoms with Crippen LogP contribution in [0.5, 0.6) is 0 Å². The first-order valence-corrected chi connectivity index (χ1v) is 9.89. The van der Waals surface area contributed by atoms with Crippen molar-refractivity contribution >= 4 is 42.6 Å². The Morgan fingerprint density at radius 2 is 2.15 bits per heavy atom. The molecule has 20 heavy (non-hydrogen) atoms. The molecule has 0 spiro atoms. The molecule has 114 valence electrons. The van der Waals surface area contributed by atoms with E-state index in [1.54, 1.807) is 13.2 Å². The summed E-state index contributed by atoms with van der Waals surface area (Å²) >= 11 is 3.21. The summed E-state index contributed by atoms with van der Waals surface area (Å²) in [5.74, 6) is 0.300. The molecule has 1 aromatic heterocycles. The summed E-state index contributed by atoms with van der Waals surface area (Å²) in [7, 11) is -4.79. The van der Waals surface area contributed by atoms with Crippen molar-refractivity contribution < 1.29 is 12.6 Å². The quantitative estimate of drug-likeness (QED) is 0.740. The lowest BCUT2D eigenvalue weighted by atomic mass is 10.4. The molecule has 0 aromatic carbocycles. The average molecular weight is 384 g/mol. The van der Waals surface area contributed by atoms with Crippen molar-refractivity contribution in [1.29, 1.82) is 0 Å². The minimum absolute atomic E-state index is 0.0720. The van der Waals surface area contributed by atoms with Gasteiger partial charge in [-0.25, -0.2) is 18.1 Å². The monoisotopic (exact) mass is 383 g/mol. The molecule has 0 aliphatic rings. The molecule has 0 bridgehead atoms. The molecule has 2 unspecified atom stereocenters. The Bertz CT molecular complexity index is 593. The number of hydrogen-bond donors (Lipinski definition) is 2. The van der Waals surface area contributed by atoms with Gasteiger partial charge in [-0.3, -0.25) is 4.21 Å². The van der Waals surface area contributed by atoms with Crippen LogP contribution < -0.4 is 10.0 Å². The number of rotatable bonds is 7. The van der Waals surface area contributed by atoms with E-state index in [2.05, 4.69) is 31.0 Å². The Morgan fingerprint density at radius 3 is 2.70 bits per heavy atom. The molecule has 0 saturated carbocycles. The summed E-state index contributed by atoms with van der Waals surface area (Å²) in [5, 5.41) is 2.65. The number of nitrogens with zero attached hydrogens (tertiary/aromatic N) is 1. The van der Waals surface area contributed by atoms with Crippen molar-refractivity contribution in [1.82, 2.24) is 9.71 Å². The van der Waals surface area contributed by atoms with Crippen LogP contribution in [0.4, 0.5) is 5.82 Å². The summed E-state index contributed by atoms with van der Waals surface area (Å²) in [5.41, 5.74) is 0. The molecular weight excluding hydrogens is 366 g/mol. The van der Waals surface area contributed by atoms with Gasteiger partial charge < -0.3 is 5.32 Å².